The van der Waals surface area contributed by atoms with Crippen molar-refractivity contribution in [1.82, 2.24) is 19.5 Å². The van der Waals surface area contributed by atoms with Crippen molar-refractivity contribution in [2.45, 2.75) is 17.9 Å². The van der Waals surface area contributed by atoms with E-state index in [0.717, 1.165) is 0 Å². The summed E-state index contributed by atoms with van der Waals surface area (Å²) in [5.74, 6) is -0.436. The second-order valence-electron chi connectivity index (χ2n) is 5.63. The molecule has 4 atom stereocenters. The van der Waals surface area contributed by atoms with Gasteiger partial charge in [0.1, 0.15) is 11.8 Å². The van der Waals surface area contributed by atoms with Crippen LogP contribution in [0.2, 0.25) is 0 Å². The van der Waals surface area contributed by atoms with Gasteiger partial charge in [0.15, 0.2) is 11.2 Å². The highest BCUT2D eigenvalue weighted by molar-refractivity contribution is 5.70. The SMILES string of the molecule is Nc1nc2c(ncn2[C@H]2O[C@@]3(CO)COCC2[C@H]3O)c(=O)[nH]1. The Labute approximate surface area is 123 Å². The molecule has 4 heterocycles. The topological polar surface area (TPSA) is 149 Å². The van der Waals surface area contributed by atoms with Gasteiger partial charge in [-0.15, -0.1) is 0 Å². The lowest BCUT2D eigenvalue weighted by Crippen LogP contribution is -2.52. The number of aromatic nitrogens is 4. The van der Waals surface area contributed by atoms with Crippen LogP contribution in [-0.2, 0) is 9.47 Å². The maximum atomic E-state index is 11.8. The van der Waals surface area contributed by atoms with E-state index in [4.69, 9.17) is 15.2 Å². The molecular weight excluding hydrogens is 294 g/mol. The Hall–Kier alpha value is -2.01. The van der Waals surface area contributed by atoms with Crippen LogP contribution in [-0.4, -0.2) is 61.3 Å². The molecule has 22 heavy (non-hydrogen) atoms. The smallest absolute Gasteiger partial charge is 0.280 e. The van der Waals surface area contributed by atoms with Crippen LogP contribution in [0.1, 0.15) is 6.23 Å². The van der Waals surface area contributed by atoms with Crippen LogP contribution in [0.5, 0.6) is 0 Å². The Morgan fingerprint density at radius 3 is 3.14 bits per heavy atom. The van der Waals surface area contributed by atoms with Crippen LogP contribution in [0.25, 0.3) is 11.2 Å². The Morgan fingerprint density at radius 1 is 1.59 bits per heavy atom. The highest BCUT2D eigenvalue weighted by atomic mass is 16.6. The summed E-state index contributed by atoms with van der Waals surface area (Å²) >= 11 is 0. The number of anilines is 1. The number of nitrogens with zero attached hydrogens (tertiary/aromatic N) is 3. The number of imidazole rings is 1. The summed E-state index contributed by atoms with van der Waals surface area (Å²) in [6.45, 7) is -0.00365. The van der Waals surface area contributed by atoms with Gasteiger partial charge in [-0.2, -0.15) is 4.98 Å². The Morgan fingerprint density at radius 2 is 2.41 bits per heavy atom. The molecule has 0 spiro atoms. The fourth-order valence-corrected chi connectivity index (χ4v) is 3.17. The van der Waals surface area contributed by atoms with Crippen LogP contribution in [0, 0.1) is 5.92 Å². The van der Waals surface area contributed by atoms with E-state index >= 15 is 0 Å². The molecule has 0 amide bonds. The molecule has 1 unspecified atom stereocenters. The maximum Gasteiger partial charge on any atom is 0.280 e. The van der Waals surface area contributed by atoms with Crippen LogP contribution in [0.15, 0.2) is 11.1 Å². The van der Waals surface area contributed by atoms with Crippen molar-refractivity contribution >= 4 is 17.1 Å². The summed E-state index contributed by atoms with van der Waals surface area (Å²) in [4.78, 5) is 22.3. The fraction of sp³-hybridized carbons (Fsp3) is 0.583. The van der Waals surface area contributed by atoms with Crippen molar-refractivity contribution < 1.29 is 19.7 Å². The van der Waals surface area contributed by atoms with Gasteiger partial charge in [0.2, 0.25) is 5.95 Å². The van der Waals surface area contributed by atoms with Crippen molar-refractivity contribution in [1.29, 1.82) is 0 Å². The maximum absolute atomic E-state index is 11.8. The van der Waals surface area contributed by atoms with Crippen LogP contribution >= 0.6 is 0 Å². The number of nitrogen functional groups attached to an aromatic ring is 1. The largest absolute Gasteiger partial charge is 0.393 e. The summed E-state index contributed by atoms with van der Waals surface area (Å²) in [5.41, 5.74) is 4.35. The molecule has 2 aromatic heterocycles. The first-order valence-electron chi connectivity index (χ1n) is 6.82. The first-order chi connectivity index (χ1) is 10.6. The van der Waals surface area contributed by atoms with Gasteiger partial charge in [0, 0.05) is 0 Å². The molecule has 0 aromatic carbocycles. The number of aliphatic hydroxyl groups excluding tert-OH is 2. The molecule has 2 fully saturated rings. The quantitative estimate of drug-likeness (QED) is 0.496. The molecule has 2 saturated heterocycles. The van der Waals surface area contributed by atoms with Crippen molar-refractivity contribution in [2.24, 2.45) is 5.92 Å². The third-order valence-corrected chi connectivity index (χ3v) is 4.32. The Balaban J connectivity index is 1.85. The molecule has 0 saturated carbocycles. The number of fused-ring (bicyclic) bond motifs is 3. The molecule has 5 N–H and O–H groups in total. The van der Waals surface area contributed by atoms with Crippen molar-refractivity contribution in [3.05, 3.63) is 16.7 Å². The molecule has 10 heteroatoms. The van der Waals surface area contributed by atoms with Crippen LogP contribution in [0.4, 0.5) is 5.95 Å². The number of hydrogen-bond donors (Lipinski definition) is 4. The minimum Gasteiger partial charge on any atom is -0.393 e. The van der Waals surface area contributed by atoms with Gasteiger partial charge in [-0.05, 0) is 0 Å². The zero-order valence-electron chi connectivity index (χ0n) is 11.5. The second-order valence-corrected chi connectivity index (χ2v) is 5.63. The van der Waals surface area contributed by atoms with Gasteiger partial charge in [-0.25, -0.2) is 4.98 Å². The predicted octanol–water partition coefficient (Wildman–Crippen LogP) is -2.03. The van der Waals surface area contributed by atoms with Crippen LogP contribution in [0.3, 0.4) is 0 Å². The minimum absolute atomic E-state index is 0.0334. The van der Waals surface area contributed by atoms with Gasteiger partial charge in [0.25, 0.3) is 5.56 Å². The average Bonchev–Trinajstić information content (AvgIpc) is 2.94. The summed E-state index contributed by atoms with van der Waals surface area (Å²) in [5, 5.41) is 20.0. The molecule has 2 bridgehead atoms. The monoisotopic (exact) mass is 309 g/mol. The standard InChI is InChI=1S/C12H15N5O5/c13-11-15-8-6(9(20)16-11)14-4-17(8)10-5-1-21-3-12(2-18,22-10)7(5)19/h4-5,7,10,18-19H,1-3H2,(H3,13,15,16,20)/t5?,7-,10+,12+/m1/s1. The Bertz CT molecular complexity index is 788. The number of nitrogens with one attached hydrogen (secondary N) is 1. The highest BCUT2D eigenvalue weighted by Gasteiger charge is 2.58. The number of nitrogens with two attached hydrogens (primary N) is 1. The minimum atomic E-state index is -1.17. The van der Waals surface area contributed by atoms with E-state index in [2.05, 4.69) is 15.0 Å². The summed E-state index contributed by atoms with van der Waals surface area (Å²) in [7, 11) is 0. The van der Waals surface area contributed by atoms with Gasteiger partial charge in [-0.1, -0.05) is 0 Å². The van der Waals surface area contributed by atoms with Gasteiger partial charge in [0.05, 0.1) is 38.2 Å². The second kappa shape index (κ2) is 4.49. The number of H-pyrrole nitrogens is 1. The van der Waals surface area contributed by atoms with Crippen molar-refractivity contribution in [3.63, 3.8) is 0 Å². The van der Waals surface area contributed by atoms with E-state index in [-0.39, 0.29) is 36.9 Å². The van der Waals surface area contributed by atoms with E-state index < -0.39 is 29.4 Å². The average molecular weight is 309 g/mol. The summed E-state index contributed by atoms with van der Waals surface area (Å²) in [6, 6.07) is 0. The summed E-state index contributed by atoms with van der Waals surface area (Å²) in [6.07, 6.45) is -0.119. The fourth-order valence-electron chi connectivity index (χ4n) is 3.17. The van der Waals surface area contributed by atoms with E-state index in [1.165, 1.54) is 6.33 Å². The molecule has 0 aliphatic carbocycles. The number of hydrogen-bond acceptors (Lipinski definition) is 8. The van der Waals surface area contributed by atoms with E-state index in [0.29, 0.717) is 0 Å². The normalized spacial score (nSPS) is 34.4. The van der Waals surface area contributed by atoms with E-state index in [1.807, 2.05) is 0 Å². The lowest BCUT2D eigenvalue weighted by molar-refractivity contribution is -0.163. The molecular formula is C12H15N5O5. The molecule has 2 aromatic rings. The van der Waals surface area contributed by atoms with Crippen molar-refractivity contribution in [3.8, 4) is 0 Å². The van der Waals surface area contributed by atoms with Gasteiger partial charge < -0.3 is 25.4 Å². The van der Waals surface area contributed by atoms with Crippen molar-refractivity contribution in [2.75, 3.05) is 25.6 Å². The zero-order valence-corrected chi connectivity index (χ0v) is 11.5. The zero-order chi connectivity index (χ0) is 15.5. The Kier molecular flexibility index (Phi) is 2.78. The van der Waals surface area contributed by atoms with E-state index in [1.54, 1.807) is 4.57 Å². The number of aliphatic hydroxyl groups is 2. The predicted molar refractivity (Wildman–Crippen MR) is 72.8 cm³/mol. The lowest BCUT2D eigenvalue weighted by atomic mass is 9.89. The van der Waals surface area contributed by atoms with Gasteiger partial charge >= 0.3 is 0 Å². The summed E-state index contributed by atoms with van der Waals surface area (Å²) < 4.78 is 12.8. The molecule has 0 radical (unpaired) electrons. The molecule has 2 aliphatic heterocycles. The molecule has 10 nitrogen and oxygen atoms in total. The number of aromatic amines is 1. The molecule has 118 valence electrons. The first kappa shape index (κ1) is 13.6. The molecule has 2 aliphatic rings. The van der Waals surface area contributed by atoms with Gasteiger partial charge in [-0.3, -0.25) is 14.3 Å². The number of rotatable bonds is 2. The third kappa shape index (κ3) is 1.66. The lowest BCUT2D eigenvalue weighted by Gasteiger charge is -2.33. The number of ether oxygens (including phenoxy) is 2. The first-order valence-corrected chi connectivity index (χ1v) is 6.82. The van der Waals surface area contributed by atoms with E-state index in [9.17, 15) is 15.0 Å². The molecule has 4 rings (SSSR count). The third-order valence-electron chi connectivity index (χ3n) is 4.32. The highest BCUT2D eigenvalue weighted by Crippen LogP contribution is 2.45. The van der Waals surface area contributed by atoms with Crippen LogP contribution < -0.4 is 11.3 Å².